The molecule has 210 valence electrons. The monoisotopic (exact) mass is 591 g/mol. The maximum absolute atomic E-state index is 6.58. The summed E-state index contributed by atoms with van der Waals surface area (Å²) in [5.41, 5.74) is 10.1. The third kappa shape index (κ3) is 3.75. The summed E-state index contributed by atoms with van der Waals surface area (Å²) in [4.78, 5) is 0. The second-order valence-corrected chi connectivity index (χ2v) is 12.8. The molecule has 0 saturated heterocycles. The number of fused-ring (bicyclic) bond motifs is 9. The van der Waals surface area contributed by atoms with Crippen molar-refractivity contribution in [3.05, 3.63) is 152 Å². The largest absolute Gasteiger partial charge is 0.456 e. The Labute approximate surface area is 263 Å². The first-order valence-electron chi connectivity index (χ1n) is 15.3. The molecule has 0 bridgehead atoms. The van der Waals surface area contributed by atoms with Crippen molar-refractivity contribution in [3.63, 3.8) is 0 Å². The summed E-state index contributed by atoms with van der Waals surface area (Å²) >= 11 is 1.85. The fraction of sp³-hybridized carbons (Fsp3) is 0. The lowest BCUT2D eigenvalue weighted by Gasteiger charge is -2.08. The van der Waals surface area contributed by atoms with E-state index in [1.54, 1.807) is 0 Å². The summed E-state index contributed by atoms with van der Waals surface area (Å²) in [5.74, 6) is 0. The highest BCUT2D eigenvalue weighted by molar-refractivity contribution is 7.25. The predicted octanol–water partition coefficient (Wildman–Crippen LogP) is 12.4. The smallest absolute Gasteiger partial charge is 0.137 e. The van der Waals surface area contributed by atoms with Crippen LogP contribution in [0.15, 0.2) is 156 Å². The Bertz CT molecular complexity index is 2760. The fourth-order valence-electron chi connectivity index (χ4n) is 7.05. The minimum Gasteiger partial charge on any atom is -0.456 e. The third-order valence-electron chi connectivity index (χ3n) is 9.21. The molecule has 7 aromatic carbocycles. The molecule has 45 heavy (non-hydrogen) atoms. The number of hydrogen-bond donors (Lipinski definition) is 0. The van der Waals surface area contributed by atoms with Crippen LogP contribution in [0.1, 0.15) is 0 Å². The minimum atomic E-state index is 0.895. The lowest BCUT2D eigenvalue weighted by molar-refractivity contribution is 0.669. The number of furan rings is 1. The van der Waals surface area contributed by atoms with Gasteiger partial charge in [-0.05, 0) is 76.9 Å². The molecule has 0 aliphatic heterocycles. The Kier molecular flexibility index (Phi) is 5.19. The van der Waals surface area contributed by atoms with Gasteiger partial charge in [-0.1, -0.05) is 91.0 Å². The summed E-state index contributed by atoms with van der Waals surface area (Å²) in [6, 6.07) is 54.7. The van der Waals surface area contributed by atoms with Crippen LogP contribution < -0.4 is 0 Å². The lowest BCUT2D eigenvalue weighted by atomic mass is 10.0. The normalized spacial score (nSPS) is 12.0. The standard InChI is InChI=1S/C42H25NOS/c1-2-8-26(9-3-1)27-16-21-38-36(22-27)31-10-4-6-12-37(31)43(38)30-17-20-33-32-18-14-28(23-39(32)44-40(33)25-30)29-15-19-35-34-11-5-7-13-41(34)45-42(35)24-29/h1-25H. The topological polar surface area (TPSA) is 18.1 Å². The first kappa shape index (κ1) is 24.8. The Morgan fingerprint density at radius 1 is 0.378 bits per heavy atom. The van der Waals surface area contributed by atoms with E-state index in [-0.39, 0.29) is 0 Å². The Balaban J connectivity index is 1.10. The van der Waals surface area contributed by atoms with Gasteiger partial charge in [-0.15, -0.1) is 11.3 Å². The van der Waals surface area contributed by atoms with Crippen molar-refractivity contribution in [2.45, 2.75) is 0 Å². The highest BCUT2D eigenvalue weighted by Gasteiger charge is 2.16. The van der Waals surface area contributed by atoms with Gasteiger partial charge in [0.05, 0.1) is 11.0 Å². The van der Waals surface area contributed by atoms with E-state index in [4.69, 9.17) is 4.42 Å². The molecule has 0 spiro atoms. The Morgan fingerprint density at radius 3 is 1.89 bits per heavy atom. The molecule has 10 aromatic rings. The number of rotatable bonds is 3. The van der Waals surface area contributed by atoms with E-state index in [1.807, 2.05) is 11.3 Å². The summed E-state index contributed by atoms with van der Waals surface area (Å²) < 4.78 is 11.6. The van der Waals surface area contributed by atoms with Gasteiger partial charge in [0.1, 0.15) is 11.2 Å². The molecule has 10 rings (SSSR count). The van der Waals surface area contributed by atoms with E-state index < -0.39 is 0 Å². The molecular formula is C42H25NOS. The van der Waals surface area contributed by atoms with Crippen molar-refractivity contribution in [2.24, 2.45) is 0 Å². The summed E-state index contributed by atoms with van der Waals surface area (Å²) in [6.45, 7) is 0. The average Bonchev–Trinajstić information content (AvgIpc) is 3.76. The van der Waals surface area contributed by atoms with Crippen LogP contribution in [0, 0.1) is 0 Å². The fourth-order valence-corrected chi connectivity index (χ4v) is 8.20. The van der Waals surface area contributed by atoms with Gasteiger partial charge in [0.2, 0.25) is 0 Å². The zero-order valence-electron chi connectivity index (χ0n) is 24.2. The first-order valence-corrected chi connectivity index (χ1v) is 16.1. The van der Waals surface area contributed by atoms with Crippen molar-refractivity contribution < 1.29 is 4.42 Å². The molecule has 3 heteroatoms. The molecule has 0 atom stereocenters. The quantitative estimate of drug-likeness (QED) is 0.200. The molecular weight excluding hydrogens is 567 g/mol. The van der Waals surface area contributed by atoms with Crippen LogP contribution in [0.5, 0.6) is 0 Å². The van der Waals surface area contributed by atoms with Crippen LogP contribution in [-0.2, 0) is 0 Å². The highest BCUT2D eigenvalue weighted by atomic mass is 32.1. The van der Waals surface area contributed by atoms with Crippen molar-refractivity contribution in [1.82, 2.24) is 4.57 Å². The summed E-state index contributed by atoms with van der Waals surface area (Å²) in [7, 11) is 0. The van der Waals surface area contributed by atoms with Gasteiger partial charge >= 0.3 is 0 Å². The highest BCUT2D eigenvalue weighted by Crippen LogP contribution is 2.39. The molecule has 0 saturated carbocycles. The molecule has 2 nitrogen and oxygen atoms in total. The van der Waals surface area contributed by atoms with E-state index in [0.717, 1.165) is 33.2 Å². The average molecular weight is 592 g/mol. The zero-order valence-corrected chi connectivity index (χ0v) is 25.0. The minimum absolute atomic E-state index is 0.895. The Morgan fingerprint density at radius 2 is 1.00 bits per heavy atom. The van der Waals surface area contributed by atoms with Crippen LogP contribution in [0.4, 0.5) is 0 Å². The number of para-hydroxylation sites is 1. The van der Waals surface area contributed by atoms with Crippen molar-refractivity contribution in [2.75, 3.05) is 0 Å². The van der Waals surface area contributed by atoms with E-state index in [2.05, 4.69) is 156 Å². The van der Waals surface area contributed by atoms with Crippen LogP contribution >= 0.6 is 11.3 Å². The summed E-state index contributed by atoms with van der Waals surface area (Å²) in [5, 5.41) is 7.41. The molecule has 0 aliphatic carbocycles. The molecule has 0 amide bonds. The van der Waals surface area contributed by atoms with Crippen LogP contribution in [0.3, 0.4) is 0 Å². The van der Waals surface area contributed by atoms with Crippen LogP contribution in [-0.4, -0.2) is 4.57 Å². The molecule has 0 unspecified atom stereocenters. The predicted molar refractivity (Wildman–Crippen MR) is 192 cm³/mol. The number of aromatic nitrogens is 1. The molecule has 0 radical (unpaired) electrons. The number of thiophene rings is 1. The van der Waals surface area contributed by atoms with Gasteiger partial charge in [0.15, 0.2) is 0 Å². The SMILES string of the molecule is c1ccc(-c2ccc3c(c2)c2ccccc2n3-c2ccc3c(c2)oc2cc(-c4ccc5c(c4)sc4ccccc45)ccc23)cc1. The number of nitrogens with zero attached hydrogens (tertiary/aromatic N) is 1. The third-order valence-corrected chi connectivity index (χ3v) is 10.3. The maximum Gasteiger partial charge on any atom is 0.137 e. The maximum atomic E-state index is 6.58. The van der Waals surface area contributed by atoms with Crippen molar-refractivity contribution in [3.8, 4) is 27.9 Å². The van der Waals surface area contributed by atoms with E-state index >= 15 is 0 Å². The number of hydrogen-bond acceptors (Lipinski definition) is 2. The molecule has 0 N–H and O–H groups in total. The molecule has 3 aromatic heterocycles. The molecule has 0 fully saturated rings. The van der Waals surface area contributed by atoms with E-state index in [0.29, 0.717) is 0 Å². The van der Waals surface area contributed by atoms with E-state index in [9.17, 15) is 0 Å². The molecule has 3 heterocycles. The number of benzene rings is 7. The van der Waals surface area contributed by atoms with Gasteiger partial charge < -0.3 is 8.98 Å². The second-order valence-electron chi connectivity index (χ2n) is 11.8. The summed E-state index contributed by atoms with van der Waals surface area (Å²) in [6.07, 6.45) is 0. The van der Waals surface area contributed by atoms with Gasteiger partial charge in [-0.25, -0.2) is 0 Å². The van der Waals surface area contributed by atoms with Crippen molar-refractivity contribution in [1.29, 1.82) is 0 Å². The van der Waals surface area contributed by atoms with Crippen molar-refractivity contribution >= 4 is 75.3 Å². The van der Waals surface area contributed by atoms with E-state index in [1.165, 1.54) is 58.7 Å². The first-order chi connectivity index (χ1) is 22.3. The van der Waals surface area contributed by atoms with Gasteiger partial charge in [-0.3, -0.25) is 0 Å². The van der Waals surface area contributed by atoms with Gasteiger partial charge in [0.25, 0.3) is 0 Å². The van der Waals surface area contributed by atoms with Crippen LogP contribution in [0.2, 0.25) is 0 Å². The second kappa shape index (κ2) is 9.43. The van der Waals surface area contributed by atoms with Crippen LogP contribution in [0.25, 0.3) is 91.9 Å². The van der Waals surface area contributed by atoms with Gasteiger partial charge in [-0.2, -0.15) is 0 Å². The lowest BCUT2D eigenvalue weighted by Crippen LogP contribution is -1.93. The van der Waals surface area contributed by atoms with Gasteiger partial charge in [0, 0.05) is 53.5 Å². The zero-order chi connectivity index (χ0) is 29.5. The molecule has 0 aliphatic rings. The Hall–Kier alpha value is -5.64.